The van der Waals surface area contributed by atoms with Crippen molar-refractivity contribution < 1.29 is 0 Å². The Labute approximate surface area is 131 Å². The van der Waals surface area contributed by atoms with Crippen LogP contribution in [0.2, 0.25) is 0 Å². The molecule has 2 nitrogen and oxygen atoms in total. The van der Waals surface area contributed by atoms with Gasteiger partial charge in [0.25, 0.3) is 0 Å². The Balaban J connectivity index is 2.13. The molecule has 0 bridgehead atoms. The van der Waals surface area contributed by atoms with Gasteiger partial charge in [0.1, 0.15) is 0 Å². The lowest BCUT2D eigenvalue weighted by molar-refractivity contribution is 0.902. The highest BCUT2D eigenvalue weighted by Crippen LogP contribution is 2.37. The Kier molecular flexibility index (Phi) is 3.71. The summed E-state index contributed by atoms with van der Waals surface area (Å²) in [6.45, 7) is 0. The molecule has 5 heteroatoms. The van der Waals surface area contributed by atoms with Crippen molar-refractivity contribution in [3.05, 3.63) is 61.3 Å². The molecule has 2 N–H and O–H groups in total. The third kappa shape index (κ3) is 2.48. The molecule has 1 unspecified atom stereocenters. The molecule has 0 fully saturated rings. The van der Waals surface area contributed by atoms with E-state index in [4.69, 9.17) is 5.73 Å². The van der Waals surface area contributed by atoms with E-state index in [1.165, 1.54) is 0 Å². The largest absolute Gasteiger partial charge is 0.320 e. The van der Waals surface area contributed by atoms with E-state index >= 15 is 0 Å². The maximum Gasteiger partial charge on any atom is 0.0843 e. The van der Waals surface area contributed by atoms with Crippen LogP contribution in [0.4, 0.5) is 0 Å². The van der Waals surface area contributed by atoms with Gasteiger partial charge in [-0.3, -0.25) is 4.98 Å². The number of pyridine rings is 1. The molecule has 3 aromatic rings. The van der Waals surface area contributed by atoms with Crippen LogP contribution in [0.3, 0.4) is 0 Å². The number of aromatic nitrogens is 1. The van der Waals surface area contributed by atoms with Gasteiger partial charge in [-0.1, -0.05) is 18.2 Å². The fourth-order valence-corrected chi connectivity index (χ4v) is 4.18. The van der Waals surface area contributed by atoms with Crippen molar-refractivity contribution >= 4 is 54.1 Å². The first-order chi connectivity index (χ1) is 9.16. The second-order valence-electron chi connectivity index (χ2n) is 4.17. The normalized spacial score (nSPS) is 12.8. The van der Waals surface area contributed by atoms with Gasteiger partial charge in [0.2, 0.25) is 0 Å². The predicted octanol–water partition coefficient (Wildman–Crippen LogP) is 4.87. The van der Waals surface area contributed by atoms with E-state index in [1.54, 1.807) is 17.5 Å². The maximum absolute atomic E-state index is 6.41. The van der Waals surface area contributed by atoms with Gasteiger partial charge < -0.3 is 5.73 Å². The highest BCUT2D eigenvalue weighted by atomic mass is 79.9. The molecule has 1 aromatic carbocycles. The molecule has 3 rings (SSSR count). The van der Waals surface area contributed by atoms with Crippen molar-refractivity contribution in [3.8, 4) is 0 Å². The van der Waals surface area contributed by atoms with Crippen LogP contribution in [0.25, 0.3) is 10.9 Å². The van der Waals surface area contributed by atoms with Crippen molar-refractivity contribution in [2.24, 2.45) is 5.73 Å². The van der Waals surface area contributed by atoms with Gasteiger partial charge in [0, 0.05) is 20.9 Å². The number of hydrogen-bond donors (Lipinski definition) is 1. The molecule has 0 aliphatic carbocycles. The van der Waals surface area contributed by atoms with Gasteiger partial charge in [-0.15, -0.1) is 11.3 Å². The predicted molar refractivity (Wildman–Crippen MR) is 87.5 cm³/mol. The van der Waals surface area contributed by atoms with Crippen molar-refractivity contribution in [2.75, 3.05) is 0 Å². The number of nitrogens with zero attached hydrogens (tertiary/aromatic N) is 1. The van der Waals surface area contributed by atoms with Gasteiger partial charge in [0.15, 0.2) is 0 Å². The van der Waals surface area contributed by atoms with E-state index in [0.717, 1.165) is 29.6 Å². The van der Waals surface area contributed by atoms with Crippen LogP contribution >= 0.6 is 43.2 Å². The first-order valence-corrected chi connectivity index (χ1v) is 8.11. The van der Waals surface area contributed by atoms with Crippen molar-refractivity contribution in [1.29, 1.82) is 0 Å². The number of hydrogen-bond acceptors (Lipinski definition) is 3. The van der Waals surface area contributed by atoms with Crippen molar-refractivity contribution in [2.45, 2.75) is 6.04 Å². The van der Waals surface area contributed by atoms with Crippen molar-refractivity contribution in [3.63, 3.8) is 0 Å². The average Bonchev–Trinajstić information content (AvgIpc) is 2.77. The summed E-state index contributed by atoms with van der Waals surface area (Å²) in [5.41, 5.74) is 8.49. The van der Waals surface area contributed by atoms with Crippen LogP contribution in [-0.2, 0) is 0 Å². The third-order valence-corrected chi connectivity index (χ3v) is 6.32. The van der Waals surface area contributed by atoms with E-state index in [2.05, 4.69) is 55.0 Å². The Hall–Kier alpha value is -0.750. The average molecular weight is 398 g/mol. The molecule has 2 heterocycles. The van der Waals surface area contributed by atoms with Crippen LogP contribution in [0.5, 0.6) is 0 Å². The van der Waals surface area contributed by atoms with E-state index in [-0.39, 0.29) is 6.04 Å². The zero-order valence-electron chi connectivity index (χ0n) is 9.81. The molecule has 0 aliphatic rings. The summed E-state index contributed by atoms with van der Waals surface area (Å²) < 4.78 is 2.11. The number of fused-ring (bicyclic) bond motifs is 1. The van der Waals surface area contributed by atoms with Crippen molar-refractivity contribution in [1.82, 2.24) is 4.98 Å². The Morgan fingerprint density at radius 2 is 2.00 bits per heavy atom. The zero-order chi connectivity index (χ0) is 13.4. The highest BCUT2D eigenvalue weighted by molar-refractivity contribution is 9.13. The molecule has 96 valence electrons. The number of nitrogens with two attached hydrogens (primary N) is 1. The molecule has 19 heavy (non-hydrogen) atoms. The summed E-state index contributed by atoms with van der Waals surface area (Å²) in [7, 11) is 0. The van der Waals surface area contributed by atoms with Crippen LogP contribution in [0, 0.1) is 0 Å². The molecule has 0 spiro atoms. The fourth-order valence-electron chi connectivity index (χ4n) is 2.07. The standard InChI is InChI=1S/C14H10Br2N2S/c15-10-7-12(19-14(10)16)13(17)9-3-1-5-11-8(9)4-2-6-18-11/h1-7,13H,17H2. The maximum atomic E-state index is 6.41. The van der Waals surface area contributed by atoms with E-state index in [1.807, 2.05) is 18.2 Å². The van der Waals surface area contributed by atoms with Crippen LogP contribution in [-0.4, -0.2) is 4.98 Å². The SMILES string of the molecule is NC(c1cc(Br)c(Br)s1)c1cccc2ncccc12. The van der Waals surface area contributed by atoms with Gasteiger partial charge in [0.05, 0.1) is 15.3 Å². The number of benzene rings is 1. The lowest BCUT2D eigenvalue weighted by atomic mass is 10.0. The molecular formula is C14H10Br2N2S. The third-order valence-electron chi connectivity index (χ3n) is 2.99. The second-order valence-corrected chi connectivity index (χ2v) is 7.42. The van der Waals surface area contributed by atoms with Crippen LogP contribution in [0.1, 0.15) is 16.5 Å². The zero-order valence-corrected chi connectivity index (χ0v) is 13.8. The monoisotopic (exact) mass is 396 g/mol. The minimum Gasteiger partial charge on any atom is -0.320 e. The molecule has 1 atom stereocenters. The Morgan fingerprint density at radius 1 is 1.16 bits per heavy atom. The summed E-state index contributed by atoms with van der Waals surface area (Å²) in [4.78, 5) is 5.49. The van der Waals surface area contributed by atoms with Gasteiger partial charge in [-0.05, 0) is 55.6 Å². The summed E-state index contributed by atoms with van der Waals surface area (Å²) in [6.07, 6.45) is 1.80. The fraction of sp³-hybridized carbons (Fsp3) is 0.0714. The smallest absolute Gasteiger partial charge is 0.0843 e. The first-order valence-electron chi connectivity index (χ1n) is 5.71. The van der Waals surface area contributed by atoms with E-state index in [0.29, 0.717) is 0 Å². The number of halogens is 2. The van der Waals surface area contributed by atoms with E-state index in [9.17, 15) is 0 Å². The van der Waals surface area contributed by atoms with Gasteiger partial charge in [-0.2, -0.15) is 0 Å². The van der Waals surface area contributed by atoms with E-state index < -0.39 is 0 Å². The van der Waals surface area contributed by atoms with Crippen LogP contribution < -0.4 is 5.73 Å². The number of thiophene rings is 1. The lowest BCUT2D eigenvalue weighted by Gasteiger charge is -2.12. The molecule has 2 aromatic heterocycles. The molecule has 0 saturated heterocycles. The van der Waals surface area contributed by atoms with Crippen LogP contribution in [0.15, 0.2) is 50.9 Å². The molecule has 0 radical (unpaired) electrons. The molecule has 0 saturated carbocycles. The minimum atomic E-state index is -0.138. The molecule has 0 aliphatic heterocycles. The van der Waals surface area contributed by atoms with Gasteiger partial charge in [-0.25, -0.2) is 0 Å². The quantitative estimate of drug-likeness (QED) is 0.669. The summed E-state index contributed by atoms with van der Waals surface area (Å²) >= 11 is 8.66. The lowest BCUT2D eigenvalue weighted by Crippen LogP contribution is -2.10. The minimum absolute atomic E-state index is 0.138. The van der Waals surface area contributed by atoms with Gasteiger partial charge >= 0.3 is 0 Å². The number of rotatable bonds is 2. The highest BCUT2D eigenvalue weighted by Gasteiger charge is 2.16. The summed E-state index contributed by atoms with van der Waals surface area (Å²) in [5.74, 6) is 0. The molecular weight excluding hydrogens is 388 g/mol. The summed E-state index contributed by atoms with van der Waals surface area (Å²) in [5, 5.41) is 1.11. The Bertz CT molecular complexity index is 714. The molecule has 0 amide bonds. The second kappa shape index (κ2) is 5.32. The topological polar surface area (TPSA) is 38.9 Å². The summed E-state index contributed by atoms with van der Waals surface area (Å²) in [6, 6.07) is 12.0. The Morgan fingerprint density at radius 3 is 2.74 bits per heavy atom. The first kappa shape index (κ1) is 13.2.